The molecule has 0 saturated carbocycles. The van der Waals surface area contributed by atoms with Crippen LogP contribution in [0.3, 0.4) is 0 Å². The lowest BCUT2D eigenvalue weighted by Gasteiger charge is -2.07. The lowest BCUT2D eigenvalue weighted by atomic mass is 10.1. The number of benzene rings is 1. The Bertz CT molecular complexity index is 1290. The predicted octanol–water partition coefficient (Wildman–Crippen LogP) is 4.71. The maximum absolute atomic E-state index is 12.4. The molecule has 1 aromatic carbocycles. The van der Waals surface area contributed by atoms with Gasteiger partial charge in [0, 0.05) is 18.5 Å². The number of unbranched alkanes of at least 4 members (excludes halogenated alkanes) is 2. The van der Waals surface area contributed by atoms with Crippen LogP contribution in [0.4, 0.5) is 5.69 Å². The minimum Gasteiger partial charge on any atom is -0.352 e. The van der Waals surface area contributed by atoms with Crippen molar-refractivity contribution >= 4 is 22.9 Å². The molecule has 10 nitrogen and oxygen atoms in total. The zero-order chi connectivity index (χ0) is 24.8. The first-order valence-corrected chi connectivity index (χ1v) is 12.2. The highest BCUT2D eigenvalue weighted by molar-refractivity contribution is 7.13. The third kappa shape index (κ3) is 5.99. The van der Waals surface area contributed by atoms with Crippen LogP contribution in [0, 0.1) is 24.0 Å². The molecule has 4 rings (SSSR count). The molecule has 0 atom stereocenters. The summed E-state index contributed by atoms with van der Waals surface area (Å²) in [7, 11) is 0. The summed E-state index contributed by atoms with van der Waals surface area (Å²) in [5.41, 5.74) is 2.42. The molecule has 1 N–H and O–H groups in total. The fraction of sp³-hybridized carbons (Fsp3) is 0.333. The zero-order valence-electron chi connectivity index (χ0n) is 19.6. The molecule has 11 heteroatoms. The van der Waals surface area contributed by atoms with Gasteiger partial charge in [0.15, 0.2) is 0 Å². The second-order valence-corrected chi connectivity index (χ2v) is 9.13. The number of nitrogens with one attached hydrogen (secondary N) is 1. The smallest absolute Gasteiger partial charge is 0.312 e. The maximum Gasteiger partial charge on any atom is 0.312 e. The van der Waals surface area contributed by atoms with Gasteiger partial charge in [-0.3, -0.25) is 19.6 Å². The van der Waals surface area contributed by atoms with Crippen LogP contribution < -0.4 is 5.32 Å². The molecule has 0 saturated heterocycles. The Morgan fingerprint density at radius 3 is 2.66 bits per heavy atom. The summed E-state index contributed by atoms with van der Waals surface area (Å²) in [6.45, 7) is 4.30. The Labute approximate surface area is 206 Å². The highest BCUT2D eigenvalue weighted by atomic mass is 32.1. The van der Waals surface area contributed by atoms with Crippen molar-refractivity contribution in [3.8, 4) is 10.7 Å². The minimum atomic E-state index is -0.408. The predicted molar refractivity (Wildman–Crippen MR) is 131 cm³/mol. The molecular weight excluding hydrogens is 468 g/mol. The standard InChI is InChI=1S/C24H26N6O4S/c1-16-22(30(32)33)17(2)29(27-16)15-18-9-11-19(12-10-18)24(31)25-13-5-3-4-8-21-26-23(28-34-21)20-7-6-14-35-20/h6-7,9-12,14H,3-5,8,13,15H2,1-2H3,(H,25,31). The second-order valence-electron chi connectivity index (χ2n) is 8.19. The van der Waals surface area contributed by atoms with Crippen LogP contribution in [-0.2, 0) is 13.0 Å². The molecule has 3 aromatic heterocycles. The van der Waals surface area contributed by atoms with E-state index in [1.54, 1.807) is 42.0 Å². The number of hydrogen-bond acceptors (Lipinski definition) is 8. The van der Waals surface area contributed by atoms with Gasteiger partial charge in [0.2, 0.25) is 11.7 Å². The minimum absolute atomic E-state index is 0.0428. The molecule has 0 bridgehead atoms. The van der Waals surface area contributed by atoms with E-state index in [2.05, 4.69) is 20.6 Å². The average Bonchev–Trinajstić information content (AvgIpc) is 3.57. The SMILES string of the molecule is Cc1nn(Cc2ccc(C(=O)NCCCCCc3nc(-c4cccs4)no3)cc2)c(C)c1[N+](=O)[O-]. The van der Waals surface area contributed by atoms with Crippen molar-refractivity contribution < 1.29 is 14.2 Å². The first kappa shape index (κ1) is 24.3. The number of amides is 1. The summed E-state index contributed by atoms with van der Waals surface area (Å²) in [5.74, 6) is 1.13. The van der Waals surface area contributed by atoms with E-state index in [4.69, 9.17) is 4.52 Å². The third-order valence-corrected chi connectivity index (χ3v) is 6.50. The Kier molecular flexibility index (Phi) is 7.66. The van der Waals surface area contributed by atoms with Crippen LogP contribution in [0.1, 0.15) is 52.5 Å². The van der Waals surface area contributed by atoms with E-state index in [0.717, 1.165) is 29.7 Å². The highest BCUT2D eigenvalue weighted by Gasteiger charge is 2.21. The van der Waals surface area contributed by atoms with E-state index < -0.39 is 4.92 Å². The first-order valence-electron chi connectivity index (χ1n) is 11.3. The van der Waals surface area contributed by atoms with Crippen LogP contribution in [-0.4, -0.2) is 37.3 Å². The zero-order valence-corrected chi connectivity index (χ0v) is 20.4. The molecule has 0 aliphatic carbocycles. The van der Waals surface area contributed by atoms with Crippen molar-refractivity contribution in [2.75, 3.05) is 6.54 Å². The van der Waals surface area contributed by atoms with Crippen LogP contribution in [0.2, 0.25) is 0 Å². The van der Waals surface area contributed by atoms with Gasteiger partial charge in [0.05, 0.1) is 16.3 Å². The van der Waals surface area contributed by atoms with Crippen molar-refractivity contribution in [1.29, 1.82) is 0 Å². The first-order chi connectivity index (χ1) is 16.9. The summed E-state index contributed by atoms with van der Waals surface area (Å²) in [6.07, 6.45) is 3.41. The summed E-state index contributed by atoms with van der Waals surface area (Å²) in [6, 6.07) is 11.1. The molecular formula is C24H26N6O4S. The number of thiophene rings is 1. The molecule has 35 heavy (non-hydrogen) atoms. The van der Waals surface area contributed by atoms with E-state index in [9.17, 15) is 14.9 Å². The summed E-state index contributed by atoms with van der Waals surface area (Å²) in [5, 5.41) is 24.4. The highest BCUT2D eigenvalue weighted by Crippen LogP contribution is 2.23. The van der Waals surface area contributed by atoms with Crippen LogP contribution in [0.5, 0.6) is 0 Å². The Morgan fingerprint density at radius 2 is 1.97 bits per heavy atom. The summed E-state index contributed by atoms with van der Waals surface area (Å²) < 4.78 is 6.91. The van der Waals surface area contributed by atoms with Crippen LogP contribution in [0.25, 0.3) is 10.7 Å². The van der Waals surface area contributed by atoms with Gasteiger partial charge in [0.1, 0.15) is 11.4 Å². The Balaban J connectivity index is 1.18. The number of nitro groups is 1. The van der Waals surface area contributed by atoms with Gasteiger partial charge < -0.3 is 9.84 Å². The van der Waals surface area contributed by atoms with E-state index in [0.29, 0.717) is 48.2 Å². The van der Waals surface area contributed by atoms with Gasteiger partial charge in [-0.25, -0.2) is 0 Å². The van der Waals surface area contributed by atoms with Gasteiger partial charge >= 0.3 is 5.69 Å². The molecule has 182 valence electrons. The molecule has 0 aliphatic heterocycles. The monoisotopic (exact) mass is 494 g/mol. The molecule has 0 radical (unpaired) electrons. The number of aryl methyl sites for hydroxylation is 2. The van der Waals surface area contributed by atoms with Crippen LogP contribution >= 0.6 is 11.3 Å². The fourth-order valence-corrected chi connectivity index (χ4v) is 4.43. The number of carbonyl (C=O) groups excluding carboxylic acids is 1. The topological polar surface area (TPSA) is 129 Å². The van der Waals surface area contributed by atoms with Crippen molar-refractivity contribution in [2.24, 2.45) is 0 Å². The molecule has 3 heterocycles. The van der Waals surface area contributed by atoms with Gasteiger partial charge in [-0.1, -0.05) is 29.8 Å². The Morgan fingerprint density at radius 1 is 1.17 bits per heavy atom. The quantitative estimate of drug-likeness (QED) is 0.182. The fourth-order valence-electron chi connectivity index (χ4n) is 3.78. The molecule has 0 unspecified atom stereocenters. The van der Waals surface area contributed by atoms with E-state index in [1.165, 1.54) is 0 Å². The second kappa shape index (κ2) is 11.0. The molecule has 1 amide bonds. The van der Waals surface area contributed by atoms with Gasteiger partial charge in [-0.15, -0.1) is 11.3 Å². The van der Waals surface area contributed by atoms with Crippen molar-refractivity contribution in [1.82, 2.24) is 25.2 Å². The summed E-state index contributed by atoms with van der Waals surface area (Å²) in [4.78, 5) is 28.6. The lowest BCUT2D eigenvalue weighted by molar-refractivity contribution is -0.386. The number of nitrogens with zero attached hydrogens (tertiary/aromatic N) is 5. The van der Waals surface area contributed by atoms with E-state index in [1.807, 2.05) is 29.6 Å². The normalized spacial score (nSPS) is 11.0. The van der Waals surface area contributed by atoms with Gasteiger partial charge in [0.25, 0.3) is 5.91 Å². The maximum atomic E-state index is 12.4. The summed E-state index contributed by atoms with van der Waals surface area (Å²) >= 11 is 1.58. The van der Waals surface area contributed by atoms with E-state index >= 15 is 0 Å². The van der Waals surface area contributed by atoms with Crippen molar-refractivity contribution in [3.63, 3.8) is 0 Å². The number of hydrogen-bond donors (Lipinski definition) is 1. The molecule has 0 aliphatic rings. The molecule has 4 aromatic rings. The number of carbonyl (C=O) groups is 1. The van der Waals surface area contributed by atoms with Crippen molar-refractivity contribution in [2.45, 2.75) is 46.1 Å². The average molecular weight is 495 g/mol. The number of rotatable bonds is 11. The van der Waals surface area contributed by atoms with Gasteiger partial charge in [-0.2, -0.15) is 10.1 Å². The van der Waals surface area contributed by atoms with Crippen LogP contribution in [0.15, 0.2) is 46.3 Å². The Hall–Kier alpha value is -3.86. The number of aromatic nitrogens is 4. The van der Waals surface area contributed by atoms with E-state index in [-0.39, 0.29) is 11.6 Å². The van der Waals surface area contributed by atoms with Crippen molar-refractivity contribution in [3.05, 3.63) is 80.3 Å². The van der Waals surface area contributed by atoms with Gasteiger partial charge in [-0.05, 0) is 55.8 Å². The largest absolute Gasteiger partial charge is 0.352 e. The molecule has 0 fully saturated rings. The third-order valence-electron chi connectivity index (χ3n) is 5.64. The molecule has 0 spiro atoms. The lowest BCUT2D eigenvalue weighted by Crippen LogP contribution is -2.24.